The van der Waals surface area contributed by atoms with E-state index in [1.807, 2.05) is 0 Å². The van der Waals surface area contributed by atoms with Crippen LogP contribution in [-0.4, -0.2) is 11.4 Å². The fourth-order valence-electron chi connectivity index (χ4n) is 1.17. The minimum atomic E-state index is -1.17. The minimum absolute atomic E-state index is 0.0523. The van der Waals surface area contributed by atoms with E-state index >= 15 is 0 Å². The van der Waals surface area contributed by atoms with Crippen LogP contribution in [0.3, 0.4) is 0 Å². The quantitative estimate of drug-likeness (QED) is 0.756. The maximum atomic E-state index is 10.3. The van der Waals surface area contributed by atoms with Gasteiger partial charge in [-0.2, -0.15) is 0 Å². The van der Waals surface area contributed by atoms with Gasteiger partial charge in [0, 0.05) is 17.0 Å². The first-order valence-corrected chi connectivity index (χ1v) is 4.37. The Morgan fingerprint density at radius 1 is 1.54 bits per heavy atom. The molecule has 0 aliphatic heterocycles. The van der Waals surface area contributed by atoms with Gasteiger partial charge in [0.25, 0.3) is 0 Å². The van der Waals surface area contributed by atoms with Crippen LogP contribution in [0.25, 0.3) is 0 Å². The summed E-state index contributed by atoms with van der Waals surface area (Å²) in [6.45, 7) is 1.57. The van der Waals surface area contributed by atoms with Gasteiger partial charge in [0.05, 0.1) is 5.60 Å². The summed E-state index contributed by atoms with van der Waals surface area (Å²) >= 11 is 5.87. The largest absolute Gasteiger partial charge is 0.385 e. The third-order valence-corrected chi connectivity index (χ3v) is 2.26. The summed E-state index contributed by atoms with van der Waals surface area (Å²) in [7, 11) is 0. The molecular formula is C10H11ClO2. The zero-order valence-corrected chi connectivity index (χ0v) is 8.08. The van der Waals surface area contributed by atoms with Crippen molar-refractivity contribution in [2.75, 3.05) is 0 Å². The molecule has 0 heterocycles. The van der Waals surface area contributed by atoms with Crippen molar-refractivity contribution in [3.05, 3.63) is 34.9 Å². The summed E-state index contributed by atoms with van der Waals surface area (Å²) in [5.74, 6) is 0. The highest BCUT2D eigenvalue weighted by molar-refractivity contribution is 6.31. The Bertz CT molecular complexity index is 308. The average molecular weight is 199 g/mol. The molecule has 1 atom stereocenters. The molecule has 0 radical (unpaired) electrons. The van der Waals surface area contributed by atoms with E-state index in [1.165, 1.54) is 0 Å². The number of rotatable bonds is 3. The van der Waals surface area contributed by atoms with E-state index in [0.29, 0.717) is 16.9 Å². The number of carbonyl (C=O) groups excluding carboxylic acids is 1. The normalized spacial score (nSPS) is 15.0. The third kappa shape index (κ3) is 2.29. The van der Waals surface area contributed by atoms with E-state index in [4.69, 9.17) is 11.6 Å². The maximum Gasteiger partial charge on any atom is 0.123 e. The number of carbonyl (C=O) groups is 1. The lowest BCUT2D eigenvalue weighted by Crippen LogP contribution is -2.21. The zero-order valence-electron chi connectivity index (χ0n) is 7.33. The molecule has 1 unspecified atom stereocenters. The number of hydrogen-bond donors (Lipinski definition) is 1. The first-order valence-electron chi connectivity index (χ1n) is 3.99. The summed E-state index contributed by atoms with van der Waals surface area (Å²) in [6, 6.07) is 6.96. The summed E-state index contributed by atoms with van der Waals surface area (Å²) in [6.07, 6.45) is 0.736. The van der Waals surface area contributed by atoms with Crippen molar-refractivity contribution in [3.63, 3.8) is 0 Å². The molecule has 0 aromatic heterocycles. The van der Waals surface area contributed by atoms with Crippen molar-refractivity contribution in [1.29, 1.82) is 0 Å². The minimum Gasteiger partial charge on any atom is -0.385 e. The van der Waals surface area contributed by atoms with Gasteiger partial charge >= 0.3 is 0 Å². The van der Waals surface area contributed by atoms with Crippen LogP contribution in [0.5, 0.6) is 0 Å². The van der Waals surface area contributed by atoms with Crippen molar-refractivity contribution >= 4 is 17.9 Å². The number of halogens is 1. The van der Waals surface area contributed by atoms with E-state index in [9.17, 15) is 9.90 Å². The predicted molar refractivity (Wildman–Crippen MR) is 51.7 cm³/mol. The Kier molecular flexibility index (Phi) is 3.07. The molecule has 1 aromatic carbocycles. The topological polar surface area (TPSA) is 37.3 Å². The van der Waals surface area contributed by atoms with Crippen LogP contribution >= 0.6 is 11.6 Å². The molecule has 1 rings (SSSR count). The molecular weight excluding hydrogens is 188 g/mol. The smallest absolute Gasteiger partial charge is 0.123 e. The van der Waals surface area contributed by atoms with Crippen LogP contribution in [0, 0.1) is 0 Å². The van der Waals surface area contributed by atoms with Gasteiger partial charge in [-0.25, -0.2) is 0 Å². The average Bonchev–Trinajstić information content (AvgIpc) is 2.04. The van der Waals surface area contributed by atoms with Crippen LogP contribution in [0.15, 0.2) is 24.3 Å². The van der Waals surface area contributed by atoms with E-state index < -0.39 is 5.60 Å². The number of aliphatic hydroxyl groups is 1. The van der Waals surface area contributed by atoms with Crippen molar-refractivity contribution in [2.24, 2.45) is 0 Å². The van der Waals surface area contributed by atoms with E-state index in [2.05, 4.69) is 0 Å². The molecule has 0 aliphatic rings. The van der Waals surface area contributed by atoms with Gasteiger partial charge in [0.15, 0.2) is 0 Å². The molecule has 2 nitrogen and oxygen atoms in total. The van der Waals surface area contributed by atoms with Crippen LogP contribution in [-0.2, 0) is 10.4 Å². The number of aldehydes is 1. The van der Waals surface area contributed by atoms with Crippen molar-refractivity contribution < 1.29 is 9.90 Å². The summed E-state index contributed by atoms with van der Waals surface area (Å²) < 4.78 is 0. The highest BCUT2D eigenvalue weighted by Gasteiger charge is 2.24. The van der Waals surface area contributed by atoms with Crippen molar-refractivity contribution in [3.8, 4) is 0 Å². The first kappa shape index (κ1) is 10.2. The van der Waals surface area contributed by atoms with Crippen LogP contribution in [0.4, 0.5) is 0 Å². The second-order valence-electron chi connectivity index (χ2n) is 3.12. The Morgan fingerprint density at radius 3 is 2.69 bits per heavy atom. The zero-order chi connectivity index (χ0) is 9.90. The van der Waals surface area contributed by atoms with E-state index in [0.717, 1.165) is 0 Å². The SMILES string of the molecule is CC(O)(CC=O)c1ccccc1Cl. The Morgan fingerprint density at radius 2 is 2.15 bits per heavy atom. The van der Waals surface area contributed by atoms with Gasteiger partial charge in [-0.15, -0.1) is 0 Å². The summed E-state index contributed by atoms with van der Waals surface area (Å²) in [5.41, 5.74) is -0.580. The Labute approximate surface area is 82.2 Å². The van der Waals surface area contributed by atoms with Gasteiger partial charge in [-0.05, 0) is 13.0 Å². The molecule has 13 heavy (non-hydrogen) atoms. The van der Waals surface area contributed by atoms with Crippen LogP contribution in [0.2, 0.25) is 5.02 Å². The molecule has 0 saturated heterocycles. The van der Waals surface area contributed by atoms with Gasteiger partial charge in [-0.3, -0.25) is 0 Å². The maximum absolute atomic E-state index is 10.3. The lowest BCUT2D eigenvalue weighted by molar-refractivity contribution is -0.112. The molecule has 70 valence electrons. The predicted octanol–water partition coefficient (Wildman–Crippen LogP) is 2.14. The van der Waals surface area contributed by atoms with Crippen LogP contribution in [0.1, 0.15) is 18.9 Å². The standard InChI is InChI=1S/C10H11ClO2/c1-10(13,6-7-12)8-4-2-3-5-9(8)11/h2-5,7,13H,6H2,1H3. The Hall–Kier alpha value is -0.860. The van der Waals surface area contributed by atoms with Gasteiger partial charge in [0.2, 0.25) is 0 Å². The highest BCUT2D eigenvalue weighted by Crippen LogP contribution is 2.29. The molecule has 0 fully saturated rings. The molecule has 0 spiro atoms. The molecule has 0 bridgehead atoms. The van der Waals surface area contributed by atoms with Gasteiger partial charge < -0.3 is 9.90 Å². The molecule has 1 aromatic rings. The second-order valence-corrected chi connectivity index (χ2v) is 3.53. The molecule has 0 amide bonds. The van der Waals surface area contributed by atoms with Crippen molar-refractivity contribution in [2.45, 2.75) is 18.9 Å². The Balaban J connectivity index is 3.06. The molecule has 1 N–H and O–H groups in total. The lowest BCUT2D eigenvalue weighted by Gasteiger charge is -2.21. The summed E-state index contributed by atoms with van der Waals surface area (Å²) in [4.78, 5) is 10.3. The fraction of sp³-hybridized carbons (Fsp3) is 0.300. The molecule has 0 aliphatic carbocycles. The van der Waals surface area contributed by atoms with E-state index in [-0.39, 0.29) is 6.42 Å². The summed E-state index contributed by atoms with van der Waals surface area (Å²) in [5, 5.41) is 10.3. The van der Waals surface area contributed by atoms with Gasteiger partial charge in [-0.1, -0.05) is 29.8 Å². The highest BCUT2D eigenvalue weighted by atomic mass is 35.5. The fourth-order valence-corrected chi connectivity index (χ4v) is 1.51. The first-order chi connectivity index (χ1) is 6.08. The van der Waals surface area contributed by atoms with E-state index in [1.54, 1.807) is 31.2 Å². The third-order valence-electron chi connectivity index (χ3n) is 1.93. The van der Waals surface area contributed by atoms with Crippen LogP contribution < -0.4 is 0 Å². The lowest BCUT2D eigenvalue weighted by atomic mass is 9.93. The number of benzene rings is 1. The van der Waals surface area contributed by atoms with Crippen molar-refractivity contribution in [1.82, 2.24) is 0 Å². The molecule has 3 heteroatoms. The monoisotopic (exact) mass is 198 g/mol. The number of hydrogen-bond acceptors (Lipinski definition) is 2. The second kappa shape index (κ2) is 3.90. The van der Waals surface area contributed by atoms with Gasteiger partial charge in [0.1, 0.15) is 6.29 Å². The molecule has 0 saturated carbocycles.